The van der Waals surface area contributed by atoms with E-state index < -0.39 is 0 Å². The van der Waals surface area contributed by atoms with E-state index in [9.17, 15) is 9.18 Å². The quantitative estimate of drug-likeness (QED) is 0.616. The second-order valence-corrected chi connectivity index (χ2v) is 3.62. The molecule has 68 valence electrons. The monoisotopic (exact) mass is 172 g/mol. The number of hydrogen-bond donors (Lipinski definition) is 1. The van der Waals surface area contributed by atoms with Crippen molar-refractivity contribution in [1.29, 1.82) is 0 Å². The molecule has 0 aromatic carbocycles. The predicted molar refractivity (Wildman–Crippen MR) is 42.4 cm³/mol. The molecule has 2 aliphatic heterocycles. The van der Waals surface area contributed by atoms with Crippen molar-refractivity contribution in [3.8, 4) is 0 Å². The summed E-state index contributed by atoms with van der Waals surface area (Å²) in [5.74, 6) is 0.492. The molecule has 3 nitrogen and oxygen atoms in total. The van der Waals surface area contributed by atoms with Crippen LogP contribution in [0.1, 0.15) is 0 Å². The molecule has 0 aromatic rings. The lowest BCUT2D eigenvalue weighted by atomic mass is 9.95. The normalized spacial score (nSPS) is 24.9. The average Bonchev–Trinajstić information content (AvgIpc) is 1.80. The number of carbonyl (C=O) groups excluding carboxylic acids is 1. The van der Waals surface area contributed by atoms with Gasteiger partial charge in [-0.2, -0.15) is 0 Å². The minimum Gasteiger partial charge on any atom is -0.341 e. The van der Waals surface area contributed by atoms with Crippen LogP contribution < -0.4 is 5.32 Å². The lowest BCUT2D eigenvalue weighted by Crippen LogP contribution is -2.58. The first-order valence-corrected chi connectivity index (χ1v) is 4.36. The first kappa shape index (κ1) is 7.98. The third-order valence-corrected chi connectivity index (χ3v) is 2.62. The van der Waals surface area contributed by atoms with Gasteiger partial charge in [-0.25, -0.2) is 0 Å². The Morgan fingerprint density at radius 3 is 2.58 bits per heavy atom. The molecule has 2 aliphatic rings. The maximum Gasteiger partial charge on any atom is 0.228 e. The number of carbonyl (C=O) groups is 1. The second-order valence-electron chi connectivity index (χ2n) is 3.62. The van der Waals surface area contributed by atoms with Crippen molar-refractivity contribution in [1.82, 2.24) is 10.2 Å². The van der Waals surface area contributed by atoms with Crippen LogP contribution >= 0.6 is 0 Å². The standard InChI is InChI=1S/C8H13FN2O/c9-1-6-4-11(5-6)8(12)7-2-10-3-7/h6-7,10H,1-5H2. The topological polar surface area (TPSA) is 32.3 Å². The van der Waals surface area contributed by atoms with Gasteiger partial charge in [-0.1, -0.05) is 0 Å². The van der Waals surface area contributed by atoms with Crippen LogP contribution in [-0.4, -0.2) is 43.7 Å². The van der Waals surface area contributed by atoms with Gasteiger partial charge >= 0.3 is 0 Å². The molecule has 2 fully saturated rings. The molecule has 4 heteroatoms. The van der Waals surface area contributed by atoms with Crippen molar-refractivity contribution in [2.75, 3.05) is 32.9 Å². The van der Waals surface area contributed by atoms with E-state index in [1.54, 1.807) is 4.90 Å². The van der Waals surface area contributed by atoms with Crippen LogP contribution in [0.4, 0.5) is 4.39 Å². The fourth-order valence-electron chi connectivity index (χ4n) is 1.57. The molecule has 0 saturated carbocycles. The Labute approximate surface area is 70.9 Å². The minimum atomic E-state index is -0.285. The highest BCUT2D eigenvalue weighted by Gasteiger charge is 2.36. The summed E-state index contributed by atoms with van der Waals surface area (Å²) in [5, 5.41) is 3.05. The second kappa shape index (κ2) is 3.01. The van der Waals surface area contributed by atoms with E-state index in [0.717, 1.165) is 13.1 Å². The van der Waals surface area contributed by atoms with Crippen molar-refractivity contribution in [3.63, 3.8) is 0 Å². The molecule has 0 aliphatic carbocycles. The molecule has 0 radical (unpaired) electrons. The lowest BCUT2D eigenvalue weighted by Gasteiger charge is -2.41. The summed E-state index contributed by atoms with van der Waals surface area (Å²) in [5.41, 5.74) is 0. The van der Waals surface area contributed by atoms with Crippen molar-refractivity contribution < 1.29 is 9.18 Å². The van der Waals surface area contributed by atoms with E-state index in [2.05, 4.69) is 5.32 Å². The molecule has 2 saturated heterocycles. The molecule has 0 bridgehead atoms. The minimum absolute atomic E-state index is 0.113. The Morgan fingerprint density at radius 1 is 1.50 bits per heavy atom. The molecule has 0 atom stereocenters. The van der Waals surface area contributed by atoms with Crippen LogP contribution in [0, 0.1) is 11.8 Å². The summed E-state index contributed by atoms with van der Waals surface area (Å²) in [4.78, 5) is 13.2. The summed E-state index contributed by atoms with van der Waals surface area (Å²) in [7, 11) is 0. The summed E-state index contributed by atoms with van der Waals surface area (Å²) in [6, 6.07) is 0. The van der Waals surface area contributed by atoms with Gasteiger partial charge in [0.1, 0.15) is 0 Å². The number of likely N-dealkylation sites (tertiary alicyclic amines) is 1. The van der Waals surface area contributed by atoms with Crippen LogP contribution in [0.5, 0.6) is 0 Å². The van der Waals surface area contributed by atoms with Gasteiger partial charge in [0.25, 0.3) is 0 Å². The Bertz CT molecular complexity index is 187. The molecular weight excluding hydrogens is 159 g/mol. The van der Waals surface area contributed by atoms with Crippen LogP contribution in [0.15, 0.2) is 0 Å². The van der Waals surface area contributed by atoms with E-state index in [1.807, 2.05) is 0 Å². The molecule has 0 spiro atoms. The lowest BCUT2D eigenvalue weighted by molar-refractivity contribution is -0.143. The highest BCUT2D eigenvalue weighted by Crippen LogP contribution is 2.19. The summed E-state index contributed by atoms with van der Waals surface area (Å²) < 4.78 is 12.0. The number of hydrogen-bond acceptors (Lipinski definition) is 2. The Kier molecular flexibility index (Phi) is 2.00. The van der Waals surface area contributed by atoms with Crippen LogP contribution in [-0.2, 0) is 4.79 Å². The smallest absolute Gasteiger partial charge is 0.228 e. The number of alkyl halides is 1. The van der Waals surface area contributed by atoms with Crippen molar-refractivity contribution in [2.24, 2.45) is 11.8 Å². The molecule has 12 heavy (non-hydrogen) atoms. The largest absolute Gasteiger partial charge is 0.341 e. The SMILES string of the molecule is O=C(C1CNC1)N1CC(CF)C1. The van der Waals surface area contributed by atoms with Crippen molar-refractivity contribution in [2.45, 2.75) is 0 Å². The van der Waals surface area contributed by atoms with Gasteiger partial charge in [-0.15, -0.1) is 0 Å². The van der Waals surface area contributed by atoms with Crippen LogP contribution in [0.3, 0.4) is 0 Å². The molecule has 1 amide bonds. The Morgan fingerprint density at radius 2 is 2.17 bits per heavy atom. The number of rotatable bonds is 2. The fourth-order valence-corrected chi connectivity index (χ4v) is 1.57. The first-order chi connectivity index (χ1) is 5.81. The number of halogens is 1. The summed E-state index contributed by atoms with van der Waals surface area (Å²) in [6.07, 6.45) is 0. The maximum absolute atomic E-state index is 12.0. The highest BCUT2D eigenvalue weighted by atomic mass is 19.1. The number of nitrogens with one attached hydrogen (secondary N) is 1. The molecule has 0 unspecified atom stereocenters. The Balaban J connectivity index is 1.76. The Hall–Kier alpha value is -0.640. The zero-order chi connectivity index (χ0) is 8.55. The molecule has 1 N–H and O–H groups in total. The third-order valence-electron chi connectivity index (χ3n) is 2.62. The zero-order valence-electron chi connectivity index (χ0n) is 6.92. The van der Waals surface area contributed by atoms with Gasteiger partial charge in [-0.3, -0.25) is 9.18 Å². The third kappa shape index (κ3) is 1.20. The summed E-state index contributed by atoms with van der Waals surface area (Å²) >= 11 is 0. The highest BCUT2D eigenvalue weighted by molar-refractivity contribution is 5.80. The fraction of sp³-hybridized carbons (Fsp3) is 0.875. The van der Waals surface area contributed by atoms with E-state index in [4.69, 9.17) is 0 Å². The van der Waals surface area contributed by atoms with E-state index in [1.165, 1.54) is 0 Å². The van der Waals surface area contributed by atoms with Gasteiger partial charge in [-0.05, 0) is 0 Å². The van der Waals surface area contributed by atoms with Crippen molar-refractivity contribution >= 4 is 5.91 Å². The number of amides is 1. The molecular formula is C8H13FN2O. The van der Waals surface area contributed by atoms with Gasteiger partial charge in [0.15, 0.2) is 0 Å². The van der Waals surface area contributed by atoms with Crippen LogP contribution in [0.25, 0.3) is 0 Å². The predicted octanol–water partition coefficient (Wildman–Crippen LogP) is -0.366. The van der Waals surface area contributed by atoms with Gasteiger partial charge in [0, 0.05) is 32.1 Å². The van der Waals surface area contributed by atoms with Gasteiger partial charge in [0.2, 0.25) is 5.91 Å². The van der Waals surface area contributed by atoms with Gasteiger partial charge < -0.3 is 10.2 Å². The number of nitrogens with zero attached hydrogens (tertiary/aromatic N) is 1. The molecule has 2 rings (SSSR count). The zero-order valence-corrected chi connectivity index (χ0v) is 6.92. The van der Waals surface area contributed by atoms with Gasteiger partial charge in [0.05, 0.1) is 12.6 Å². The van der Waals surface area contributed by atoms with E-state index in [0.29, 0.717) is 13.1 Å². The summed E-state index contributed by atoms with van der Waals surface area (Å²) in [6.45, 7) is 2.58. The molecule has 2 heterocycles. The average molecular weight is 172 g/mol. The van der Waals surface area contributed by atoms with Crippen LogP contribution in [0.2, 0.25) is 0 Å². The van der Waals surface area contributed by atoms with E-state index >= 15 is 0 Å². The molecule has 0 aromatic heterocycles. The first-order valence-electron chi connectivity index (χ1n) is 4.36. The van der Waals surface area contributed by atoms with Crippen molar-refractivity contribution in [3.05, 3.63) is 0 Å². The van der Waals surface area contributed by atoms with E-state index in [-0.39, 0.29) is 24.4 Å². The maximum atomic E-state index is 12.0.